The molecule has 0 saturated carbocycles. The molecule has 0 saturated heterocycles. The minimum Gasteiger partial charge on any atom is -0.497 e. The van der Waals surface area contributed by atoms with E-state index in [1.165, 1.54) is 20.2 Å². The quantitative estimate of drug-likeness (QED) is 0.374. The minimum absolute atomic E-state index is 0.816. The second-order valence-corrected chi connectivity index (χ2v) is 7.43. The summed E-state index contributed by atoms with van der Waals surface area (Å²) in [5.74, 6) is 1.66. The van der Waals surface area contributed by atoms with Crippen LogP contribution in [-0.2, 0) is 0 Å². The molecule has 4 heteroatoms. The van der Waals surface area contributed by atoms with Crippen molar-refractivity contribution in [3.05, 3.63) is 66.7 Å². The van der Waals surface area contributed by atoms with E-state index in [-0.39, 0.29) is 0 Å². The van der Waals surface area contributed by atoms with Gasteiger partial charge in [-0.15, -0.1) is 11.3 Å². The number of ether oxygens (including phenoxy) is 2. The van der Waals surface area contributed by atoms with Crippen LogP contribution in [0.3, 0.4) is 0 Å². The van der Waals surface area contributed by atoms with Crippen LogP contribution in [-0.4, -0.2) is 19.2 Å². The first-order valence-electron chi connectivity index (χ1n) is 8.72. The van der Waals surface area contributed by atoms with Crippen LogP contribution in [0.2, 0.25) is 0 Å². The molecule has 0 spiro atoms. The average molecular weight is 371 g/mol. The molecule has 0 bridgehead atoms. The molecular weight excluding hydrogens is 354 g/mol. The van der Waals surface area contributed by atoms with Crippen LogP contribution >= 0.6 is 11.3 Å². The first-order valence-corrected chi connectivity index (χ1v) is 9.53. The van der Waals surface area contributed by atoms with E-state index in [2.05, 4.69) is 42.5 Å². The van der Waals surface area contributed by atoms with Crippen LogP contribution in [0.5, 0.6) is 11.5 Å². The van der Waals surface area contributed by atoms with Crippen LogP contribution in [0.4, 0.5) is 0 Å². The van der Waals surface area contributed by atoms with Gasteiger partial charge in [0.05, 0.1) is 25.4 Å². The topological polar surface area (TPSA) is 31.4 Å². The zero-order valence-electron chi connectivity index (χ0n) is 15.0. The number of aromatic nitrogens is 1. The summed E-state index contributed by atoms with van der Waals surface area (Å²) in [5, 5.41) is 3.61. The van der Waals surface area contributed by atoms with Gasteiger partial charge in [0.25, 0.3) is 0 Å². The average Bonchev–Trinajstić information content (AvgIpc) is 3.12. The molecule has 0 amide bonds. The van der Waals surface area contributed by atoms with E-state index in [9.17, 15) is 0 Å². The Morgan fingerprint density at radius 1 is 0.778 bits per heavy atom. The molecule has 5 rings (SSSR count). The molecule has 0 atom stereocenters. The van der Waals surface area contributed by atoms with E-state index in [1.807, 2.05) is 35.6 Å². The van der Waals surface area contributed by atoms with Crippen molar-refractivity contribution in [2.24, 2.45) is 0 Å². The maximum absolute atomic E-state index is 5.42. The van der Waals surface area contributed by atoms with Crippen molar-refractivity contribution < 1.29 is 9.47 Å². The maximum atomic E-state index is 5.42. The zero-order valence-corrected chi connectivity index (χ0v) is 15.8. The largest absolute Gasteiger partial charge is 0.497 e. The lowest BCUT2D eigenvalue weighted by Gasteiger charge is -2.09. The fourth-order valence-corrected chi connectivity index (χ4v) is 4.77. The summed E-state index contributed by atoms with van der Waals surface area (Å²) in [4.78, 5) is 5.05. The van der Waals surface area contributed by atoms with Gasteiger partial charge in [0, 0.05) is 37.2 Å². The van der Waals surface area contributed by atoms with Gasteiger partial charge < -0.3 is 9.47 Å². The number of pyridine rings is 1. The van der Waals surface area contributed by atoms with Crippen LogP contribution in [0.15, 0.2) is 66.7 Å². The van der Waals surface area contributed by atoms with Gasteiger partial charge in [0.1, 0.15) is 11.5 Å². The minimum atomic E-state index is 0.816. The lowest BCUT2D eigenvalue weighted by atomic mass is 10.0. The Hall–Kier alpha value is -3.11. The van der Waals surface area contributed by atoms with Gasteiger partial charge in [-0.1, -0.05) is 18.2 Å². The predicted molar refractivity (Wildman–Crippen MR) is 113 cm³/mol. The van der Waals surface area contributed by atoms with E-state index < -0.39 is 0 Å². The van der Waals surface area contributed by atoms with Crippen molar-refractivity contribution >= 4 is 42.4 Å². The Bertz CT molecular complexity index is 1290. The van der Waals surface area contributed by atoms with Crippen molar-refractivity contribution in [1.82, 2.24) is 4.98 Å². The Morgan fingerprint density at radius 3 is 2.30 bits per heavy atom. The third kappa shape index (κ3) is 2.53. The molecule has 0 aliphatic carbocycles. The van der Waals surface area contributed by atoms with E-state index >= 15 is 0 Å². The number of hydrogen-bond donors (Lipinski definition) is 0. The van der Waals surface area contributed by atoms with Crippen molar-refractivity contribution in [2.45, 2.75) is 0 Å². The monoisotopic (exact) mass is 371 g/mol. The molecule has 27 heavy (non-hydrogen) atoms. The molecule has 0 aliphatic heterocycles. The molecule has 3 aromatic carbocycles. The lowest BCUT2D eigenvalue weighted by molar-refractivity contribution is 0.415. The molecule has 0 radical (unpaired) electrons. The van der Waals surface area contributed by atoms with E-state index in [4.69, 9.17) is 14.5 Å². The first-order chi connectivity index (χ1) is 13.3. The third-order valence-corrected chi connectivity index (χ3v) is 6.08. The number of nitrogens with zero attached hydrogens (tertiary/aromatic N) is 1. The highest BCUT2D eigenvalue weighted by molar-refractivity contribution is 7.26. The summed E-state index contributed by atoms with van der Waals surface area (Å²) >= 11 is 1.82. The van der Waals surface area contributed by atoms with E-state index in [1.54, 1.807) is 14.2 Å². The fraction of sp³-hybridized carbons (Fsp3) is 0.0870. The van der Waals surface area contributed by atoms with Crippen molar-refractivity contribution in [2.75, 3.05) is 14.2 Å². The summed E-state index contributed by atoms with van der Waals surface area (Å²) in [7, 11) is 3.36. The van der Waals surface area contributed by atoms with Crippen molar-refractivity contribution in [3.8, 4) is 22.8 Å². The Labute approximate surface area is 160 Å². The van der Waals surface area contributed by atoms with Crippen LogP contribution in [0.25, 0.3) is 42.3 Å². The molecular formula is C23H17NO2S. The van der Waals surface area contributed by atoms with Gasteiger partial charge >= 0.3 is 0 Å². The number of fused-ring (bicyclic) bond motifs is 5. The lowest BCUT2D eigenvalue weighted by Crippen LogP contribution is -1.90. The van der Waals surface area contributed by atoms with E-state index in [0.717, 1.165) is 33.7 Å². The molecule has 5 aromatic rings. The van der Waals surface area contributed by atoms with Crippen molar-refractivity contribution in [1.29, 1.82) is 0 Å². The zero-order chi connectivity index (χ0) is 18.4. The van der Waals surface area contributed by atoms with Gasteiger partial charge in [0.2, 0.25) is 0 Å². The van der Waals surface area contributed by atoms with Crippen molar-refractivity contribution in [3.63, 3.8) is 0 Å². The molecule has 3 nitrogen and oxygen atoms in total. The normalized spacial score (nSPS) is 11.3. The molecule has 0 unspecified atom stereocenters. The van der Waals surface area contributed by atoms with Gasteiger partial charge in [-0.25, -0.2) is 4.98 Å². The number of hydrogen-bond acceptors (Lipinski definition) is 4. The first kappa shape index (κ1) is 16.1. The summed E-state index contributed by atoms with van der Waals surface area (Å²) in [6.07, 6.45) is 0. The summed E-state index contributed by atoms with van der Waals surface area (Å²) in [6.45, 7) is 0. The van der Waals surface area contributed by atoms with E-state index in [0.29, 0.717) is 0 Å². The summed E-state index contributed by atoms with van der Waals surface area (Å²) in [6, 6.07) is 22.7. The van der Waals surface area contributed by atoms with Gasteiger partial charge in [-0.05, 0) is 42.5 Å². The standard InChI is InChI=1S/C23H17NO2S/c1-25-15-9-7-14(8-10-15)22-21-18-5-3-4-6-20(18)27-23(21)17-12-11-16(26-2)13-19(17)24-22/h3-13H,1-2H3. The fourth-order valence-electron chi connectivity index (χ4n) is 3.53. The summed E-state index contributed by atoms with van der Waals surface area (Å²) in [5.41, 5.74) is 3.01. The SMILES string of the molecule is COc1ccc(-c2nc3cc(OC)ccc3c3sc4ccccc4c23)cc1. The van der Waals surface area contributed by atoms with Gasteiger partial charge in [-0.3, -0.25) is 0 Å². The Morgan fingerprint density at radius 2 is 1.52 bits per heavy atom. The molecule has 0 fully saturated rings. The Kier molecular flexibility index (Phi) is 3.73. The third-order valence-electron chi connectivity index (χ3n) is 4.88. The molecule has 2 aromatic heterocycles. The van der Waals surface area contributed by atoms with Gasteiger partial charge in [-0.2, -0.15) is 0 Å². The second kappa shape index (κ2) is 6.25. The number of methoxy groups -OCH3 is 2. The molecule has 0 aliphatic rings. The number of rotatable bonds is 3. The maximum Gasteiger partial charge on any atom is 0.121 e. The second-order valence-electron chi connectivity index (χ2n) is 6.37. The molecule has 132 valence electrons. The summed E-state index contributed by atoms with van der Waals surface area (Å²) < 4.78 is 13.3. The number of benzene rings is 3. The highest BCUT2D eigenvalue weighted by Gasteiger charge is 2.16. The van der Waals surface area contributed by atoms with Crippen LogP contribution in [0.1, 0.15) is 0 Å². The number of thiophene rings is 1. The predicted octanol–water partition coefficient (Wildman–Crippen LogP) is 6.29. The van der Waals surface area contributed by atoms with Crippen LogP contribution < -0.4 is 9.47 Å². The molecule has 2 heterocycles. The van der Waals surface area contributed by atoms with Gasteiger partial charge in [0.15, 0.2) is 0 Å². The molecule has 0 N–H and O–H groups in total. The highest BCUT2D eigenvalue weighted by atomic mass is 32.1. The Balaban J connectivity index is 1.92. The highest BCUT2D eigenvalue weighted by Crippen LogP contribution is 2.43. The van der Waals surface area contributed by atoms with Crippen LogP contribution in [0, 0.1) is 0 Å². The smallest absolute Gasteiger partial charge is 0.121 e.